The third kappa shape index (κ3) is 4.11. The first-order valence-corrected chi connectivity index (χ1v) is 10.1. The van der Waals surface area contributed by atoms with Crippen LogP contribution in [-0.2, 0) is 22.6 Å². The molecule has 0 amide bonds. The van der Waals surface area contributed by atoms with Crippen molar-refractivity contribution in [1.82, 2.24) is 9.88 Å². The molecule has 0 N–H and O–H groups in total. The first kappa shape index (κ1) is 17.2. The molecule has 4 rings (SSSR count). The Morgan fingerprint density at radius 3 is 3.08 bits per heavy atom. The minimum Gasteiger partial charge on any atom is -0.377 e. The predicted octanol–water partition coefficient (Wildman–Crippen LogP) is 3.73. The largest absolute Gasteiger partial charge is 0.377 e. The van der Waals surface area contributed by atoms with Gasteiger partial charge in [-0.05, 0) is 48.4 Å². The van der Waals surface area contributed by atoms with Crippen molar-refractivity contribution in [3.63, 3.8) is 0 Å². The topological polar surface area (TPSA) is 34.6 Å². The maximum atomic E-state index is 6.17. The lowest BCUT2D eigenvalue weighted by atomic mass is 9.73. The van der Waals surface area contributed by atoms with E-state index in [2.05, 4.69) is 27.4 Å². The minimum absolute atomic E-state index is 0.140. The van der Waals surface area contributed by atoms with Crippen LogP contribution in [0.5, 0.6) is 0 Å². The van der Waals surface area contributed by atoms with Gasteiger partial charge >= 0.3 is 0 Å². The molecule has 5 heteroatoms. The summed E-state index contributed by atoms with van der Waals surface area (Å²) >= 11 is 1.85. The van der Waals surface area contributed by atoms with Gasteiger partial charge in [0.05, 0.1) is 19.3 Å². The highest BCUT2D eigenvalue weighted by molar-refractivity contribution is 7.09. The lowest BCUT2D eigenvalue weighted by Gasteiger charge is -2.50. The van der Waals surface area contributed by atoms with E-state index >= 15 is 0 Å². The number of likely N-dealkylation sites (tertiary alicyclic amines) is 1. The summed E-state index contributed by atoms with van der Waals surface area (Å²) < 4.78 is 12.3. The Kier molecular flexibility index (Phi) is 5.46. The van der Waals surface area contributed by atoms with Crippen LogP contribution in [0.15, 0.2) is 42.0 Å². The molecule has 2 atom stereocenters. The van der Waals surface area contributed by atoms with E-state index in [1.807, 2.05) is 35.9 Å². The van der Waals surface area contributed by atoms with Crippen LogP contribution in [-0.4, -0.2) is 42.3 Å². The molecule has 0 bridgehead atoms. The zero-order valence-corrected chi connectivity index (χ0v) is 15.4. The second-order valence-corrected chi connectivity index (χ2v) is 8.28. The van der Waals surface area contributed by atoms with Crippen LogP contribution in [0.25, 0.3) is 0 Å². The molecule has 2 aromatic heterocycles. The van der Waals surface area contributed by atoms with Crippen molar-refractivity contribution in [2.24, 2.45) is 5.41 Å². The average Bonchev–Trinajstić information content (AvgIpc) is 3.15. The number of aromatic nitrogens is 1. The van der Waals surface area contributed by atoms with Crippen molar-refractivity contribution in [3.8, 4) is 0 Å². The monoisotopic (exact) mass is 358 g/mol. The summed E-state index contributed by atoms with van der Waals surface area (Å²) in [5.74, 6) is 0. The summed E-state index contributed by atoms with van der Waals surface area (Å²) in [7, 11) is 0. The number of hydrogen-bond acceptors (Lipinski definition) is 5. The Labute approximate surface area is 153 Å². The molecule has 2 fully saturated rings. The summed E-state index contributed by atoms with van der Waals surface area (Å²) in [5, 5.41) is 2.17. The van der Waals surface area contributed by atoms with Gasteiger partial charge in [0.15, 0.2) is 0 Å². The average molecular weight is 359 g/mol. The van der Waals surface area contributed by atoms with Crippen LogP contribution in [0.3, 0.4) is 0 Å². The number of pyridine rings is 1. The van der Waals surface area contributed by atoms with Crippen molar-refractivity contribution >= 4 is 11.3 Å². The SMILES string of the molecule is c1csc(CN2CCC3OCCCC3(COCc3ccncc3)C2)c1. The molecule has 2 aromatic rings. The molecule has 134 valence electrons. The van der Waals surface area contributed by atoms with Crippen LogP contribution < -0.4 is 0 Å². The Morgan fingerprint density at radius 1 is 1.32 bits per heavy atom. The van der Waals surface area contributed by atoms with Crippen LogP contribution in [0.4, 0.5) is 0 Å². The second kappa shape index (κ2) is 7.96. The maximum Gasteiger partial charge on any atom is 0.0718 e. The Bertz CT molecular complexity index is 649. The fraction of sp³-hybridized carbons (Fsp3) is 0.550. The van der Waals surface area contributed by atoms with Gasteiger partial charge in [-0.3, -0.25) is 9.88 Å². The molecule has 2 unspecified atom stereocenters. The Hall–Kier alpha value is -1.27. The van der Waals surface area contributed by atoms with Crippen molar-refractivity contribution < 1.29 is 9.47 Å². The van der Waals surface area contributed by atoms with E-state index in [9.17, 15) is 0 Å². The molecule has 4 heterocycles. The van der Waals surface area contributed by atoms with E-state index in [1.165, 1.54) is 16.9 Å². The standard InChI is InChI=1S/C20H26N2O2S/c1-3-18(25-12-1)13-22-10-6-19-20(15-22,7-2-11-24-19)16-23-14-17-4-8-21-9-5-17/h1,3-5,8-9,12,19H,2,6-7,10-11,13-16H2. The van der Waals surface area contributed by atoms with E-state index in [4.69, 9.17) is 9.47 Å². The van der Waals surface area contributed by atoms with Gasteiger partial charge in [0.25, 0.3) is 0 Å². The molecular formula is C20H26N2O2S. The molecule has 0 saturated carbocycles. The third-order valence-electron chi connectivity index (χ3n) is 5.43. The number of piperidine rings is 1. The Morgan fingerprint density at radius 2 is 2.24 bits per heavy atom. The smallest absolute Gasteiger partial charge is 0.0718 e. The van der Waals surface area contributed by atoms with Crippen molar-refractivity contribution in [2.75, 3.05) is 26.3 Å². The molecule has 0 radical (unpaired) electrons. The number of ether oxygens (including phenoxy) is 2. The van der Waals surface area contributed by atoms with Gasteiger partial charge in [-0.15, -0.1) is 11.3 Å². The Balaban J connectivity index is 1.40. The number of fused-ring (bicyclic) bond motifs is 1. The molecule has 2 aliphatic rings. The second-order valence-electron chi connectivity index (χ2n) is 7.25. The summed E-state index contributed by atoms with van der Waals surface area (Å²) in [6, 6.07) is 8.43. The zero-order chi connectivity index (χ0) is 17.0. The summed E-state index contributed by atoms with van der Waals surface area (Å²) in [5.41, 5.74) is 1.33. The maximum absolute atomic E-state index is 6.17. The first-order valence-electron chi connectivity index (χ1n) is 9.17. The molecular weight excluding hydrogens is 332 g/mol. The van der Waals surface area contributed by atoms with Crippen LogP contribution in [0, 0.1) is 5.41 Å². The summed E-state index contributed by atoms with van der Waals surface area (Å²) in [4.78, 5) is 8.11. The number of thiophene rings is 1. The first-order chi connectivity index (χ1) is 12.3. The van der Waals surface area contributed by atoms with Crippen molar-refractivity contribution in [1.29, 1.82) is 0 Å². The van der Waals surface area contributed by atoms with E-state index < -0.39 is 0 Å². The molecule has 0 spiro atoms. The third-order valence-corrected chi connectivity index (χ3v) is 6.30. The zero-order valence-electron chi connectivity index (χ0n) is 14.6. The van der Waals surface area contributed by atoms with Gasteiger partial charge in [-0.2, -0.15) is 0 Å². The highest BCUT2D eigenvalue weighted by Gasteiger charge is 2.46. The van der Waals surface area contributed by atoms with E-state index in [0.29, 0.717) is 12.7 Å². The molecule has 0 aromatic carbocycles. The van der Waals surface area contributed by atoms with Crippen LogP contribution in [0.1, 0.15) is 29.7 Å². The fourth-order valence-electron chi connectivity index (χ4n) is 4.20. The lowest BCUT2D eigenvalue weighted by molar-refractivity contribution is -0.155. The molecule has 2 saturated heterocycles. The predicted molar refractivity (Wildman–Crippen MR) is 99.5 cm³/mol. The molecule has 0 aliphatic carbocycles. The highest BCUT2D eigenvalue weighted by atomic mass is 32.1. The normalized spacial score (nSPS) is 27.1. The van der Waals surface area contributed by atoms with Crippen molar-refractivity contribution in [3.05, 3.63) is 52.5 Å². The van der Waals surface area contributed by atoms with Gasteiger partial charge < -0.3 is 9.47 Å². The molecule has 25 heavy (non-hydrogen) atoms. The van der Waals surface area contributed by atoms with Crippen LogP contribution >= 0.6 is 11.3 Å². The van der Waals surface area contributed by atoms with E-state index in [0.717, 1.165) is 45.7 Å². The van der Waals surface area contributed by atoms with Gasteiger partial charge in [-0.1, -0.05) is 6.07 Å². The van der Waals surface area contributed by atoms with Gasteiger partial charge in [0, 0.05) is 48.9 Å². The molecule has 4 nitrogen and oxygen atoms in total. The van der Waals surface area contributed by atoms with Crippen molar-refractivity contribution in [2.45, 2.75) is 38.5 Å². The number of rotatable bonds is 6. The van der Waals surface area contributed by atoms with E-state index in [-0.39, 0.29) is 5.41 Å². The number of nitrogens with zero attached hydrogens (tertiary/aromatic N) is 2. The molecule has 2 aliphatic heterocycles. The quantitative estimate of drug-likeness (QED) is 0.788. The highest BCUT2D eigenvalue weighted by Crippen LogP contribution is 2.41. The van der Waals surface area contributed by atoms with Gasteiger partial charge in [0.2, 0.25) is 0 Å². The van der Waals surface area contributed by atoms with Crippen LogP contribution in [0.2, 0.25) is 0 Å². The summed E-state index contributed by atoms with van der Waals surface area (Å²) in [6.45, 7) is 5.58. The summed E-state index contributed by atoms with van der Waals surface area (Å²) in [6.07, 6.45) is 7.46. The van der Waals surface area contributed by atoms with E-state index in [1.54, 1.807) is 0 Å². The lowest BCUT2D eigenvalue weighted by Crippen LogP contribution is -2.56. The fourth-order valence-corrected chi connectivity index (χ4v) is 4.95. The van der Waals surface area contributed by atoms with Gasteiger partial charge in [0.1, 0.15) is 0 Å². The van der Waals surface area contributed by atoms with Gasteiger partial charge in [-0.25, -0.2) is 0 Å². The number of hydrogen-bond donors (Lipinski definition) is 0. The minimum atomic E-state index is 0.140.